The summed E-state index contributed by atoms with van der Waals surface area (Å²) in [4.78, 5) is 0. The number of nitrogens with one attached hydrogen (secondary N) is 1. The third-order valence-electron chi connectivity index (χ3n) is 4.34. The second kappa shape index (κ2) is 5.97. The van der Waals surface area contributed by atoms with Crippen LogP contribution in [0.15, 0.2) is 6.07 Å². The highest BCUT2D eigenvalue weighted by Gasteiger charge is 2.31. The lowest BCUT2D eigenvalue weighted by Gasteiger charge is -2.36. The van der Waals surface area contributed by atoms with Crippen molar-refractivity contribution in [2.75, 3.05) is 0 Å². The summed E-state index contributed by atoms with van der Waals surface area (Å²) >= 11 is 0. The molecule has 19 heavy (non-hydrogen) atoms. The molecule has 1 fully saturated rings. The van der Waals surface area contributed by atoms with E-state index in [1.54, 1.807) is 0 Å². The molecule has 0 amide bonds. The fraction of sp³-hybridized carbons (Fsp3) is 0.733. The number of hydrazine groups is 1. The molecule has 3 atom stereocenters. The number of aromatic nitrogens is 2. The van der Waals surface area contributed by atoms with Gasteiger partial charge in [-0.1, -0.05) is 13.8 Å². The normalized spacial score (nSPS) is 29.2. The Hall–Kier alpha value is -1.00. The fourth-order valence-electron chi connectivity index (χ4n) is 3.65. The van der Waals surface area contributed by atoms with E-state index in [4.69, 9.17) is 5.84 Å². The van der Waals surface area contributed by atoms with Crippen molar-refractivity contribution in [2.45, 2.75) is 53.0 Å². The van der Waals surface area contributed by atoms with Gasteiger partial charge in [-0.2, -0.15) is 10.2 Å². The lowest BCUT2D eigenvalue weighted by atomic mass is 9.72. The van der Waals surface area contributed by atoms with Gasteiger partial charge in [0.2, 0.25) is 0 Å². The van der Waals surface area contributed by atoms with E-state index in [2.05, 4.69) is 35.5 Å². The molecule has 4 nitrogen and oxygen atoms in total. The lowest BCUT2D eigenvalue weighted by Crippen LogP contribution is -2.37. The van der Waals surface area contributed by atoms with Crippen LogP contribution in [0.4, 0.5) is 0 Å². The van der Waals surface area contributed by atoms with Gasteiger partial charge in [-0.15, -0.1) is 0 Å². The number of rotatable bonds is 3. The van der Waals surface area contributed by atoms with Crippen LogP contribution in [-0.2, 0) is 0 Å². The number of hydrogen-bond acceptors (Lipinski definition) is 4. The molecule has 1 aliphatic rings. The van der Waals surface area contributed by atoms with Crippen molar-refractivity contribution in [1.29, 1.82) is 0 Å². The van der Waals surface area contributed by atoms with Crippen molar-refractivity contribution in [3.8, 4) is 0 Å². The van der Waals surface area contributed by atoms with Crippen LogP contribution in [0.1, 0.15) is 56.1 Å². The lowest BCUT2D eigenvalue weighted by molar-refractivity contribution is 0.176. The van der Waals surface area contributed by atoms with Gasteiger partial charge < -0.3 is 0 Å². The molecule has 3 N–H and O–H groups in total. The summed E-state index contributed by atoms with van der Waals surface area (Å²) in [5, 5.41) is 8.35. The Balaban J connectivity index is 2.26. The summed E-state index contributed by atoms with van der Waals surface area (Å²) in [6.07, 6.45) is 3.81. The van der Waals surface area contributed by atoms with Gasteiger partial charge in [0.1, 0.15) is 0 Å². The summed E-state index contributed by atoms with van der Waals surface area (Å²) < 4.78 is 0. The summed E-state index contributed by atoms with van der Waals surface area (Å²) in [6.45, 7) is 8.69. The second-order valence-electron chi connectivity index (χ2n) is 6.35. The molecule has 4 heteroatoms. The zero-order valence-corrected chi connectivity index (χ0v) is 12.5. The van der Waals surface area contributed by atoms with Gasteiger partial charge in [-0.3, -0.25) is 11.3 Å². The van der Waals surface area contributed by atoms with Crippen LogP contribution in [-0.4, -0.2) is 10.2 Å². The SMILES string of the molecule is Cc1cc(C(NN)C2CC(C)CC(C)C2)c(C)nn1. The summed E-state index contributed by atoms with van der Waals surface area (Å²) in [5.74, 6) is 7.99. The molecule has 1 heterocycles. The van der Waals surface area contributed by atoms with Crippen molar-refractivity contribution in [1.82, 2.24) is 15.6 Å². The Kier molecular flexibility index (Phi) is 4.53. The van der Waals surface area contributed by atoms with E-state index in [1.165, 1.54) is 24.8 Å². The molecule has 0 aliphatic heterocycles. The Labute approximate surface area is 116 Å². The number of nitrogens with zero attached hydrogens (tertiary/aromatic N) is 2. The molecule has 0 radical (unpaired) electrons. The average molecular weight is 262 g/mol. The van der Waals surface area contributed by atoms with Crippen LogP contribution in [0.5, 0.6) is 0 Å². The van der Waals surface area contributed by atoms with Gasteiger partial charge in [-0.25, -0.2) is 0 Å². The maximum atomic E-state index is 5.85. The second-order valence-corrected chi connectivity index (χ2v) is 6.35. The molecule has 0 saturated heterocycles. The van der Waals surface area contributed by atoms with Gasteiger partial charge >= 0.3 is 0 Å². The first-order chi connectivity index (χ1) is 9.01. The van der Waals surface area contributed by atoms with Crippen LogP contribution < -0.4 is 11.3 Å². The Morgan fingerprint density at radius 2 is 1.79 bits per heavy atom. The van der Waals surface area contributed by atoms with Crippen LogP contribution in [0, 0.1) is 31.6 Å². The largest absolute Gasteiger partial charge is 0.271 e. The van der Waals surface area contributed by atoms with Gasteiger partial charge in [0, 0.05) is 0 Å². The molecule has 0 bridgehead atoms. The zero-order chi connectivity index (χ0) is 14.0. The van der Waals surface area contributed by atoms with Crippen molar-refractivity contribution in [3.63, 3.8) is 0 Å². The minimum Gasteiger partial charge on any atom is -0.271 e. The molecular weight excluding hydrogens is 236 g/mol. The first-order valence-corrected chi connectivity index (χ1v) is 7.28. The van der Waals surface area contributed by atoms with Gasteiger partial charge in [0.05, 0.1) is 17.4 Å². The topological polar surface area (TPSA) is 63.8 Å². The highest BCUT2D eigenvalue weighted by molar-refractivity contribution is 5.24. The predicted molar refractivity (Wildman–Crippen MR) is 77.2 cm³/mol. The highest BCUT2D eigenvalue weighted by Crippen LogP contribution is 2.39. The monoisotopic (exact) mass is 262 g/mol. The first-order valence-electron chi connectivity index (χ1n) is 7.28. The maximum absolute atomic E-state index is 5.85. The summed E-state index contributed by atoms with van der Waals surface area (Å²) in [5.41, 5.74) is 6.18. The molecule has 0 spiro atoms. The molecule has 1 aromatic rings. The van der Waals surface area contributed by atoms with Gasteiger partial charge in [0.15, 0.2) is 0 Å². The van der Waals surface area contributed by atoms with Crippen LogP contribution in [0.3, 0.4) is 0 Å². The maximum Gasteiger partial charge on any atom is 0.0648 e. The molecule has 1 aromatic heterocycles. The standard InChI is InChI=1S/C15H26N4/c1-9-5-10(2)7-13(6-9)15(17-16)14-8-11(3)18-19-12(14)4/h8-10,13,15,17H,5-7,16H2,1-4H3. The average Bonchev–Trinajstić information content (AvgIpc) is 2.33. The van der Waals surface area contributed by atoms with Crippen LogP contribution in [0.2, 0.25) is 0 Å². The third kappa shape index (κ3) is 3.31. The summed E-state index contributed by atoms with van der Waals surface area (Å²) in [6, 6.07) is 2.32. The minimum atomic E-state index is 0.194. The highest BCUT2D eigenvalue weighted by atomic mass is 15.2. The third-order valence-corrected chi connectivity index (χ3v) is 4.34. The predicted octanol–water partition coefficient (Wildman–Crippen LogP) is 2.67. The van der Waals surface area contributed by atoms with Gasteiger partial charge in [0.25, 0.3) is 0 Å². The van der Waals surface area contributed by atoms with Crippen LogP contribution >= 0.6 is 0 Å². The van der Waals surface area contributed by atoms with E-state index in [9.17, 15) is 0 Å². The Morgan fingerprint density at radius 3 is 2.37 bits per heavy atom. The van der Waals surface area contributed by atoms with Crippen LogP contribution in [0.25, 0.3) is 0 Å². The number of hydrogen-bond donors (Lipinski definition) is 2. The van der Waals surface area contributed by atoms with E-state index in [0.717, 1.165) is 23.2 Å². The van der Waals surface area contributed by atoms with E-state index >= 15 is 0 Å². The summed E-state index contributed by atoms with van der Waals surface area (Å²) in [7, 11) is 0. The molecule has 1 saturated carbocycles. The smallest absolute Gasteiger partial charge is 0.0648 e. The zero-order valence-electron chi connectivity index (χ0n) is 12.5. The molecule has 3 unspecified atom stereocenters. The Bertz CT molecular complexity index is 422. The van der Waals surface area contributed by atoms with E-state index in [0.29, 0.717) is 5.92 Å². The minimum absolute atomic E-state index is 0.194. The van der Waals surface area contributed by atoms with Crippen molar-refractivity contribution >= 4 is 0 Å². The van der Waals surface area contributed by atoms with Gasteiger partial charge in [-0.05, 0) is 62.5 Å². The van der Waals surface area contributed by atoms with Crippen molar-refractivity contribution in [2.24, 2.45) is 23.6 Å². The molecule has 1 aliphatic carbocycles. The van der Waals surface area contributed by atoms with Crippen molar-refractivity contribution in [3.05, 3.63) is 23.0 Å². The van der Waals surface area contributed by atoms with Crippen molar-refractivity contribution < 1.29 is 0 Å². The molecule has 106 valence electrons. The fourth-order valence-corrected chi connectivity index (χ4v) is 3.65. The van der Waals surface area contributed by atoms with E-state index in [1.807, 2.05) is 13.8 Å². The molecular formula is C15H26N4. The molecule has 2 rings (SSSR count). The first kappa shape index (κ1) is 14.4. The van der Waals surface area contributed by atoms with E-state index < -0.39 is 0 Å². The quantitative estimate of drug-likeness (QED) is 0.649. The Morgan fingerprint density at radius 1 is 1.16 bits per heavy atom. The number of nitrogens with two attached hydrogens (primary N) is 1. The number of aryl methyl sites for hydroxylation is 2. The van der Waals surface area contributed by atoms with E-state index in [-0.39, 0.29) is 6.04 Å². The molecule has 0 aromatic carbocycles.